The summed E-state index contributed by atoms with van der Waals surface area (Å²) >= 11 is 12.0. The summed E-state index contributed by atoms with van der Waals surface area (Å²) in [7, 11) is -8.07. The summed E-state index contributed by atoms with van der Waals surface area (Å²) in [6, 6.07) is 21.8. The summed E-state index contributed by atoms with van der Waals surface area (Å²) < 4.78 is 55.3. The first-order chi connectivity index (χ1) is 18.0. The van der Waals surface area contributed by atoms with Crippen LogP contribution in [-0.4, -0.2) is 34.3 Å². The van der Waals surface area contributed by atoms with Crippen LogP contribution in [-0.2, 0) is 24.8 Å². The number of halogens is 2. The number of rotatable bonds is 9. The van der Waals surface area contributed by atoms with Gasteiger partial charge in [0.1, 0.15) is 12.4 Å². The third-order valence-electron chi connectivity index (χ3n) is 5.14. The fraction of sp³-hybridized carbons (Fsp3) is 0.0400. The number of carbonyl (C=O) groups excluding carboxylic acids is 1. The molecular weight excluding hydrogens is 571 g/mol. The number of hydrogen-bond donors (Lipinski definition) is 2. The van der Waals surface area contributed by atoms with Crippen molar-refractivity contribution < 1.29 is 21.6 Å². The predicted molar refractivity (Wildman–Crippen MR) is 148 cm³/mol. The predicted octanol–water partition coefficient (Wildman–Crippen LogP) is 5.02. The maximum absolute atomic E-state index is 13.4. The van der Waals surface area contributed by atoms with E-state index in [2.05, 4.69) is 15.0 Å². The Morgan fingerprint density at radius 2 is 1.47 bits per heavy atom. The molecule has 38 heavy (non-hydrogen) atoms. The molecule has 0 unspecified atom stereocenters. The molecule has 1 heterocycles. The molecule has 1 aromatic heterocycles. The van der Waals surface area contributed by atoms with Crippen molar-refractivity contribution in [3.05, 3.63) is 107 Å². The first-order valence-electron chi connectivity index (χ1n) is 10.9. The van der Waals surface area contributed by atoms with E-state index < -0.39 is 32.5 Å². The maximum atomic E-state index is 13.4. The van der Waals surface area contributed by atoms with Crippen LogP contribution in [0.5, 0.6) is 0 Å². The van der Waals surface area contributed by atoms with E-state index in [0.717, 1.165) is 4.31 Å². The summed E-state index contributed by atoms with van der Waals surface area (Å²) in [6.07, 6.45) is 1.45. The lowest BCUT2D eigenvalue weighted by Gasteiger charge is -2.24. The Bertz CT molecular complexity index is 1650. The average Bonchev–Trinajstić information content (AvgIpc) is 2.88. The minimum absolute atomic E-state index is 0.0491. The molecule has 4 aromatic rings. The molecule has 3 aromatic carbocycles. The van der Waals surface area contributed by atoms with Gasteiger partial charge >= 0.3 is 0 Å². The molecule has 0 saturated heterocycles. The highest BCUT2D eigenvalue weighted by molar-refractivity contribution is 7.93. The number of carbonyl (C=O) groups is 1. The highest BCUT2D eigenvalue weighted by Crippen LogP contribution is 2.27. The number of nitrogens with one attached hydrogen (secondary N) is 2. The van der Waals surface area contributed by atoms with Crippen molar-refractivity contribution in [1.82, 2.24) is 4.98 Å². The van der Waals surface area contributed by atoms with Gasteiger partial charge in [-0.05, 0) is 78.9 Å². The van der Waals surface area contributed by atoms with Crippen LogP contribution >= 0.6 is 23.2 Å². The van der Waals surface area contributed by atoms with Gasteiger partial charge in [-0.2, -0.15) is 0 Å². The Morgan fingerprint density at radius 3 is 2.11 bits per heavy atom. The lowest BCUT2D eigenvalue weighted by molar-refractivity contribution is -0.114. The number of anilines is 3. The van der Waals surface area contributed by atoms with Crippen LogP contribution < -0.4 is 14.3 Å². The molecule has 0 radical (unpaired) electrons. The summed E-state index contributed by atoms with van der Waals surface area (Å²) in [5.41, 5.74) is 0.450. The first kappa shape index (κ1) is 27.4. The van der Waals surface area contributed by atoms with E-state index in [1.165, 1.54) is 72.9 Å². The van der Waals surface area contributed by atoms with Crippen molar-refractivity contribution in [2.45, 2.75) is 9.79 Å². The number of benzene rings is 3. The number of aromatic nitrogens is 1. The fourth-order valence-electron chi connectivity index (χ4n) is 3.35. The number of pyridine rings is 1. The third kappa shape index (κ3) is 6.62. The second kappa shape index (κ2) is 11.4. The molecule has 196 valence electrons. The number of sulfonamides is 2. The molecule has 0 spiro atoms. The quantitative estimate of drug-likeness (QED) is 0.282. The molecule has 0 aliphatic rings. The van der Waals surface area contributed by atoms with Gasteiger partial charge in [-0.1, -0.05) is 35.3 Å². The standard InChI is InChI=1S/C25H20Cl2N4O5S2/c26-18-7-11-23(12-8-18)38(35,36)31(21-5-3-4-19(27)16-21)17-25(32)29-20-9-13-22(14-10-20)37(33,34)30-24-6-1-2-15-28-24/h1-16H,17H2,(H,28,30)(H,29,32). The number of amides is 1. The van der Waals surface area contributed by atoms with Gasteiger partial charge < -0.3 is 5.32 Å². The Balaban J connectivity index is 1.53. The fourth-order valence-corrected chi connectivity index (χ4v) is 6.08. The van der Waals surface area contributed by atoms with Crippen molar-refractivity contribution >= 4 is 66.3 Å². The lowest BCUT2D eigenvalue weighted by Crippen LogP contribution is -2.38. The Kier molecular flexibility index (Phi) is 8.22. The number of nitrogens with zero attached hydrogens (tertiary/aromatic N) is 2. The largest absolute Gasteiger partial charge is 0.325 e. The van der Waals surface area contributed by atoms with Gasteiger partial charge in [0.2, 0.25) is 5.91 Å². The average molecular weight is 591 g/mol. The molecule has 13 heteroatoms. The van der Waals surface area contributed by atoms with E-state index in [-0.39, 0.29) is 32.0 Å². The summed E-state index contributed by atoms with van der Waals surface area (Å²) in [5.74, 6) is -0.502. The van der Waals surface area contributed by atoms with Gasteiger partial charge in [0.15, 0.2) is 0 Å². The van der Waals surface area contributed by atoms with E-state index in [9.17, 15) is 21.6 Å². The van der Waals surface area contributed by atoms with E-state index in [1.54, 1.807) is 24.3 Å². The molecule has 0 aliphatic heterocycles. The van der Waals surface area contributed by atoms with Crippen molar-refractivity contribution in [3.63, 3.8) is 0 Å². The van der Waals surface area contributed by atoms with Crippen LogP contribution in [0.4, 0.5) is 17.2 Å². The minimum Gasteiger partial charge on any atom is -0.325 e. The van der Waals surface area contributed by atoms with E-state index in [1.807, 2.05) is 0 Å². The molecule has 2 N–H and O–H groups in total. The normalized spacial score (nSPS) is 11.5. The third-order valence-corrected chi connectivity index (χ3v) is 8.78. The molecule has 0 fully saturated rings. The smallest absolute Gasteiger partial charge is 0.264 e. The Labute approximate surface area is 230 Å². The second-order valence-electron chi connectivity index (χ2n) is 7.84. The summed E-state index contributed by atoms with van der Waals surface area (Å²) in [6.45, 7) is -0.577. The van der Waals surface area contributed by atoms with E-state index >= 15 is 0 Å². The monoisotopic (exact) mass is 590 g/mol. The van der Waals surface area contributed by atoms with Gasteiger partial charge in [0.25, 0.3) is 20.0 Å². The van der Waals surface area contributed by atoms with Crippen molar-refractivity contribution in [2.75, 3.05) is 20.9 Å². The van der Waals surface area contributed by atoms with Gasteiger partial charge in [0.05, 0.1) is 15.5 Å². The zero-order valence-corrected chi connectivity index (χ0v) is 22.6. The molecule has 0 bridgehead atoms. The molecule has 0 atom stereocenters. The van der Waals surface area contributed by atoms with Gasteiger partial charge in [-0.15, -0.1) is 0 Å². The van der Waals surface area contributed by atoms with Crippen molar-refractivity contribution in [1.29, 1.82) is 0 Å². The molecular formula is C25H20Cl2N4O5S2. The molecule has 0 saturated carbocycles. The highest BCUT2D eigenvalue weighted by atomic mass is 35.5. The van der Waals surface area contributed by atoms with Crippen LogP contribution in [0, 0.1) is 0 Å². The lowest BCUT2D eigenvalue weighted by atomic mass is 10.3. The highest BCUT2D eigenvalue weighted by Gasteiger charge is 2.27. The Hall–Kier alpha value is -3.64. The second-order valence-corrected chi connectivity index (χ2v) is 12.3. The topological polar surface area (TPSA) is 126 Å². The summed E-state index contributed by atoms with van der Waals surface area (Å²) in [4.78, 5) is 16.7. The molecule has 1 amide bonds. The zero-order chi connectivity index (χ0) is 27.3. The van der Waals surface area contributed by atoms with Crippen molar-refractivity contribution in [2.24, 2.45) is 0 Å². The van der Waals surface area contributed by atoms with Gasteiger partial charge in [0, 0.05) is 21.9 Å². The first-order valence-corrected chi connectivity index (χ1v) is 14.6. The van der Waals surface area contributed by atoms with E-state index in [4.69, 9.17) is 23.2 Å². The van der Waals surface area contributed by atoms with Crippen LogP contribution in [0.3, 0.4) is 0 Å². The van der Waals surface area contributed by atoms with Crippen LogP contribution in [0.15, 0.2) is 107 Å². The van der Waals surface area contributed by atoms with Crippen molar-refractivity contribution in [3.8, 4) is 0 Å². The van der Waals surface area contributed by atoms with Gasteiger partial charge in [-0.25, -0.2) is 21.8 Å². The van der Waals surface area contributed by atoms with Crippen LogP contribution in [0.25, 0.3) is 0 Å². The molecule has 4 rings (SSSR count). The van der Waals surface area contributed by atoms with Crippen LogP contribution in [0.2, 0.25) is 10.0 Å². The maximum Gasteiger partial charge on any atom is 0.264 e. The molecule has 9 nitrogen and oxygen atoms in total. The van der Waals surface area contributed by atoms with Crippen LogP contribution in [0.1, 0.15) is 0 Å². The van der Waals surface area contributed by atoms with Gasteiger partial charge in [-0.3, -0.25) is 13.8 Å². The molecule has 0 aliphatic carbocycles. The Morgan fingerprint density at radius 1 is 0.789 bits per heavy atom. The SMILES string of the molecule is O=C(CN(c1cccc(Cl)c1)S(=O)(=O)c1ccc(Cl)cc1)Nc1ccc(S(=O)(=O)Nc2ccccn2)cc1. The summed E-state index contributed by atoms with van der Waals surface area (Å²) in [5, 5.41) is 3.24. The minimum atomic E-state index is -4.17. The number of hydrogen-bond acceptors (Lipinski definition) is 6. The zero-order valence-electron chi connectivity index (χ0n) is 19.5. The van der Waals surface area contributed by atoms with E-state index in [0.29, 0.717) is 5.02 Å².